The second-order valence-corrected chi connectivity index (χ2v) is 4.85. The summed E-state index contributed by atoms with van der Waals surface area (Å²) in [5, 5.41) is 13.6. The number of aliphatic hydroxyl groups excluding tert-OH is 1. The molecular weight excluding hydrogens is 279 g/mol. The molecule has 0 radical (unpaired) electrons. The van der Waals surface area contributed by atoms with Gasteiger partial charge in [-0.3, -0.25) is 4.68 Å². The van der Waals surface area contributed by atoms with Crippen LogP contribution in [-0.2, 0) is 0 Å². The summed E-state index contributed by atoms with van der Waals surface area (Å²) in [5.74, 6) is 0. The summed E-state index contributed by atoms with van der Waals surface area (Å²) in [7, 11) is 0. The lowest BCUT2D eigenvalue weighted by Gasteiger charge is -2.25. The monoisotopic (exact) mass is 292 g/mol. The normalized spacial score (nSPS) is 29.1. The Hall–Kier alpha value is -0.100. The molecule has 3 nitrogen and oxygen atoms in total. The molecule has 0 atom stereocenters. The van der Waals surface area contributed by atoms with Gasteiger partial charge in [0.05, 0.1) is 21.9 Å². The Balaban J connectivity index is 2.02. The van der Waals surface area contributed by atoms with Gasteiger partial charge in [0.15, 0.2) is 0 Å². The van der Waals surface area contributed by atoms with E-state index < -0.39 is 0 Å². The number of halogens is 1. The number of hydrogen-bond donors (Lipinski definition) is 1. The lowest BCUT2D eigenvalue weighted by molar-refractivity contribution is 0.108. The van der Waals surface area contributed by atoms with E-state index in [0.29, 0.717) is 6.04 Å². The van der Waals surface area contributed by atoms with Crippen molar-refractivity contribution in [2.24, 2.45) is 0 Å². The van der Waals surface area contributed by atoms with Crippen LogP contribution in [0.3, 0.4) is 0 Å². The fourth-order valence-corrected chi connectivity index (χ4v) is 2.25. The average molecular weight is 292 g/mol. The molecule has 1 aromatic rings. The summed E-state index contributed by atoms with van der Waals surface area (Å²) in [6, 6.07) is 0.506. The van der Waals surface area contributed by atoms with Gasteiger partial charge >= 0.3 is 0 Å². The largest absolute Gasteiger partial charge is 0.393 e. The smallest absolute Gasteiger partial charge is 0.0623 e. The zero-order chi connectivity index (χ0) is 9.26. The maximum absolute atomic E-state index is 9.35. The van der Waals surface area contributed by atoms with Gasteiger partial charge in [-0.2, -0.15) is 5.10 Å². The predicted octanol–water partition coefficient (Wildman–Crippen LogP) is 1.96. The third-order valence-electron chi connectivity index (χ3n) is 2.61. The van der Waals surface area contributed by atoms with Gasteiger partial charge in [0.25, 0.3) is 0 Å². The van der Waals surface area contributed by atoms with Crippen molar-refractivity contribution in [3.05, 3.63) is 16.0 Å². The molecule has 1 saturated carbocycles. The molecule has 4 heteroatoms. The molecule has 0 unspecified atom stereocenters. The fraction of sp³-hybridized carbons (Fsp3) is 0.667. The van der Waals surface area contributed by atoms with Gasteiger partial charge in [-0.1, -0.05) is 0 Å². The van der Waals surface area contributed by atoms with Crippen molar-refractivity contribution in [3.63, 3.8) is 0 Å². The second-order valence-electron chi connectivity index (χ2n) is 3.60. The van der Waals surface area contributed by atoms with Gasteiger partial charge in [0, 0.05) is 6.20 Å². The highest BCUT2D eigenvalue weighted by atomic mass is 127. The third-order valence-corrected chi connectivity index (χ3v) is 3.17. The molecular formula is C9H13IN2O. The van der Waals surface area contributed by atoms with Crippen molar-refractivity contribution in [2.45, 2.75) is 37.8 Å². The number of rotatable bonds is 1. The van der Waals surface area contributed by atoms with Crippen LogP contribution < -0.4 is 0 Å². The minimum Gasteiger partial charge on any atom is -0.393 e. The molecule has 0 aliphatic heterocycles. The number of hydrogen-bond acceptors (Lipinski definition) is 2. The summed E-state index contributed by atoms with van der Waals surface area (Å²) in [5.41, 5.74) is 0. The van der Waals surface area contributed by atoms with Crippen LogP contribution in [0.15, 0.2) is 12.4 Å². The summed E-state index contributed by atoms with van der Waals surface area (Å²) in [6.07, 6.45) is 7.82. The quantitative estimate of drug-likeness (QED) is 0.804. The maximum atomic E-state index is 9.35. The molecule has 2 rings (SSSR count). The van der Waals surface area contributed by atoms with Crippen LogP contribution in [0.25, 0.3) is 0 Å². The Morgan fingerprint density at radius 2 is 2.08 bits per heavy atom. The zero-order valence-corrected chi connectivity index (χ0v) is 9.51. The van der Waals surface area contributed by atoms with Crippen LogP contribution in [-0.4, -0.2) is 21.0 Å². The number of aromatic nitrogens is 2. The third kappa shape index (κ3) is 2.22. The Morgan fingerprint density at radius 3 is 2.62 bits per heavy atom. The van der Waals surface area contributed by atoms with E-state index in [1.807, 2.05) is 10.9 Å². The summed E-state index contributed by atoms with van der Waals surface area (Å²) < 4.78 is 3.22. The van der Waals surface area contributed by atoms with Gasteiger partial charge in [0.1, 0.15) is 0 Å². The number of nitrogens with zero attached hydrogens (tertiary/aromatic N) is 2. The van der Waals surface area contributed by atoms with Crippen LogP contribution in [0.1, 0.15) is 31.7 Å². The highest BCUT2D eigenvalue weighted by molar-refractivity contribution is 14.1. The topological polar surface area (TPSA) is 38.0 Å². The molecule has 0 bridgehead atoms. The van der Waals surface area contributed by atoms with Crippen LogP contribution >= 0.6 is 22.6 Å². The molecule has 0 spiro atoms. The molecule has 13 heavy (non-hydrogen) atoms. The van der Waals surface area contributed by atoms with E-state index in [1.165, 1.54) is 3.57 Å². The van der Waals surface area contributed by atoms with E-state index >= 15 is 0 Å². The minimum atomic E-state index is -0.0779. The van der Waals surface area contributed by atoms with Crippen LogP contribution in [0, 0.1) is 3.57 Å². The van der Waals surface area contributed by atoms with E-state index in [1.54, 1.807) is 0 Å². The lowest BCUT2D eigenvalue weighted by atomic mass is 9.93. The van der Waals surface area contributed by atoms with Crippen molar-refractivity contribution >= 4 is 22.6 Å². The highest BCUT2D eigenvalue weighted by Crippen LogP contribution is 2.27. The van der Waals surface area contributed by atoms with Crippen molar-refractivity contribution in [2.75, 3.05) is 0 Å². The van der Waals surface area contributed by atoms with Gasteiger partial charge in [0.2, 0.25) is 0 Å². The molecule has 0 aromatic carbocycles. The Kier molecular flexibility index (Phi) is 2.88. The zero-order valence-electron chi connectivity index (χ0n) is 7.36. The molecule has 1 aromatic heterocycles. The molecule has 0 saturated heterocycles. The Morgan fingerprint density at radius 1 is 1.38 bits per heavy atom. The van der Waals surface area contributed by atoms with E-state index in [9.17, 15) is 5.11 Å². The molecule has 1 N–H and O–H groups in total. The van der Waals surface area contributed by atoms with E-state index in [0.717, 1.165) is 25.7 Å². The van der Waals surface area contributed by atoms with E-state index in [2.05, 4.69) is 33.9 Å². The first-order valence-corrected chi connectivity index (χ1v) is 5.71. The summed E-state index contributed by atoms with van der Waals surface area (Å²) in [6.45, 7) is 0. The molecule has 1 aliphatic carbocycles. The second kappa shape index (κ2) is 3.96. The van der Waals surface area contributed by atoms with Crippen LogP contribution in [0.4, 0.5) is 0 Å². The van der Waals surface area contributed by atoms with Gasteiger partial charge in [-0.05, 0) is 48.3 Å². The molecule has 1 aliphatic rings. The summed E-state index contributed by atoms with van der Waals surface area (Å²) in [4.78, 5) is 0. The van der Waals surface area contributed by atoms with E-state index in [-0.39, 0.29) is 6.10 Å². The molecule has 1 fully saturated rings. The molecule has 72 valence electrons. The maximum Gasteiger partial charge on any atom is 0.0623 e. The predicted molar refractivity (Wildman–Crippen MR) is 58.5 cm³/mol. The van der Waals surface area contributed by atoms with Gasteiger partial charge in [-0.15, -0.1) is 0 Å². The van der Waals surface area contributed by atoms with Crippen molar-refractivity contribution in [1.82, 2.24) is 9.78 Å². The first kappa shape index (κ1) is 9.45. The minimum absolute atomic E-state index is 0.0779. The van der Waals surface area contributed by atoms with Gasteiger partial charge in [-0.25, -0.2) is 0 Å². The van der Waals surface area contributed by atoms with Crippen molar-refractivity contribution < 1.29 is 5.11 Å². The van der Waals surface area contributed by atoms with Crippen LogP contribution in [0.2, 0.25) is 0 Å². The standard InChI is InChI=1S/C9H13IN2O/c10-7-5-11-12(6-7)8-1-3-9(13)4-2-8/h5-6,8-9,13H,1-4H2. The lowest BCUT2D eigenvalue weighted by Crippen LogP contribution is -2.21. The highest BCUT2D eigenvalue weighted by Gasteiger charge is 2.20. The fourth-order valence-electron chi connectivity index (χ4n) is 1.84. The van der Waals surface area contributed by atoms with Crippen LogP contribution in [0.5, 0.6) is 0 Å². The van der Waals surface area contributed by atoms with Crippen molar-refractivity contribution in [3.8, 4) is 0 Å². The summed E-state index contributed by atoms with van der Waals surface area (Å²) >= 11 is 2.27. The number of aliphatic hydroxyl groups is 1. The first-order valence-electron chi connectivity index (χ1n) is 4.63. The van der Waals surface area contributed by atoms with E-state index in [4.69, 9.17) is 0 Å². The molecule has 0 amide bonds. The Labute approximate surface area is 91.3 Å². The van der Waals surface area contributed by atoms with Crippen molar-refractivity contribution in [1.29, 1.82) is 0 Å². The van der Waals surface area contributed by atoms with Gasteiger partial charge < -0.3 is 5.11 Å². The Bertz CT molecular complexity index is 279. The SMILES string of the molecule is OC1CCC(n2cc(I)cn2)CC1. The first-order chi connectivity index (χ1) is 6.25. The average Bonchev–Trinajstić information content (AvgIpc) is 2.53. The molecule has 1 heterocycles.